The molecule has 0 saturated heterocycles. The van der Waals surface area contributed by atoms with Gasteiger partial charge in [0.15, 0.2) is 0 Å². The van der Waals surface area contributed by atoms with Crippen molar-refractivity contribution in [1.29, 1.82) is 0 Å². The second-order valence-corrected chi connectivity index (χ2v) is 4.79. The molecule has 21 heavy (non-hydrogen) atoms. The summed E-state index contributed by atoms with van der Waals surface area (Å²) in [5.74, 6) is -1.27. The smallest absolute Gasteiger partial charge is 0.426 e. The van der Waals surface area contributed by atoms with Gasteiger partial charge in [0.2, 0.25) is 0 Å². The third-order valence-corrected chi connectivity index (χ3v) is 2.99. The highest BCUT2D eigenvalue weighted by molar-refractivity contribution is 6.21. The maximum atomic E-state index is 12.2. The number of imide groups is 1. The van der Waals surface area contributed by atoms with Crippen molar-refractivity contribution >= 4 is 17.9 Å². The Labute approximate surface area is 121 Å². The van der Waals surface area contributed by atoms with Crippen LogP contribution in [0.25, 0.3) is 0 Å². The van der Waals surface area contributed by atoms with Crippen molar-refractivity contribution in [2.24, 2.45) is 0 Å². The van der Waals surface area contributed by atoms with E-state index in [4.69, 9.17) is 4.74 Å². The van der Waals surface area contributed by atoms with Gasteiger partial charge in [-0.2, -0.15) is 5.01 Å². The van der Waals surface area contributed by atoms with E-state index in [9.17, 15) is 19.5 Å². The van der Waals surface area contributed by atoms with Gasteiger partial charge in [-0.05, 0) is 26.0 Å². The maximum absolute atomic E-state index is 12.2. The van der Waals surface area contributed by atoms with Crippen LogP contribution in [0.4, 0.5) is 4.79 Å². The van der Waals surface area contributed by atoms with E-state index in [2.05, 4.69) is 0 Å². The summed E-state index contributed by atoms with van der Waals surface area (Å²) in [5, 5.41) is 10.6. The first kappa shape index (κ1) is 15.0. The van der Waals surface area contributed by atoms with Crippen LogP contribution < -0.4 is 0 Å². The van der Waals surface area contributed by atoms with Crippen LogP contribution in [-0.4, -0.2) is 52.3 Å². The van der Waals surface area contributed by atoms with Crippen LogP contribution in [0, 0.1) is 0 Å². The van der Waals surface area contributed by atoms with Gasteiger partial charge < -0.3 is 9.84 Å². The highest BCUT2D eigenvalue weighted by Gasteiger charge is 2.41. The Bertz CT molecular complexity index is 549. The summed E-state index contributed by atoms with van der Waals surface area (Å²) in [6.45, 7) is 3.62. The molecule has 1 aliphatic heterocycles. The molecule has 1 aromatic rings. The summed E-state index contributed by atoms with van der Waals surface area (Å²) in [5.41, 5.74) is 0.414. The molecular weight excluding hydrogens is 276 g/mol. The molecular formula is C14H16N2O5. The van der Waals surface area contributed by atoms with Crippen molar-refractivity contribution in [3.63, 3.8) is 0 Å². The third kappa shape index (κ3) is 2.87. The van der Waals surface area contributed by atoms with Crippen molar-refractivity contribution in [2.75, 3.05) is 13.2 Å². The average Bonchev–Trinajstić information content (AvgIpc) is 2.68. The van der Waals surface area contributed by atoms with Crippen molar-refractivity contribution in [3.8, 4) is 0 Å². The molecule has 0 bridgehead atoms. The van der Waals surface area contributed by atoms with Gasteiger partial charge in [0.1, 0.15) is 0 Å². The number of carbonyl (C=O) groups excluding carboxylic acids is 2. The zero-order valence-corrected chi connectivity index (χ0v) is 11.8. The first-order chi connectivity index (χ1) is 9.93. The first-order valence-corrected chi connectivity index (χ1v) is 6.53. The van der Waals surface area contributed by atoms with Crippen LogP contribution in [0.3, 0.4) is 0 Å². The number of amides is 3. The zero-order chi connectivity index (χ0) is 15.6. The lowest BCUT2D eigenvalue weighted by Crippen LogP contribution is -2.50. The molecule has 7 heteroatoms. The lowest BCUT2D eigenvalue weighted by Gasteiger charge is -2.27. The lowest BCUT2D eigenvalue weighted by atomic mass is 10.1. The van der Waals surface area contributed by atoms with Gasteiger partial charge in [-0.3, -0.25) is 9.59 Å². The van der Waals surface area contributed by atoms with Crippen LogP contribution in [0.2, 0.25) is 0 Å². The number of hydrogen-bond donors (Lipinski definition) is 1. The van der Waals surface area contributed by atoms with E-state index in [1.165, 1.54) is 12.1 Å². The number of carbonyl (C=O) groups is 3. The first-order valence-electron chi connectivity index (χ1n) is 6.53. The minimum absolute atomic E-state index is 0.0668. The monoisotopic (exact) mass is 292 g/mol. The van der Waals surface area contributed by atoms with Gasteiger partial charge in [0, 0.05) is 0 Å². The Hall–Kier alpha value is -2.41. The summed E-state index contributed by atoms with van der Waals surface area (Å²) in [6.07, 6.45) is -1.44. The predicted octanol–water partition coefficient (Wildman–Crippen LogP) is 1.60. The van der Waals surface area contributed by atoms with Gasteiger partial charge >= 0.3 is 6.09 Å². The highest BCUT2D eigenvalue weighted by Crippen LogP contribution is 2.24. The summed E-state index contributed by atoms with van der Waals surface area (Å²) >= 11 is 0. The second-order valence-electron chi connectivity index (χ2n) is 4.79. The van der Waals surface area contributed by atoms with Crippen molar-refractivity contribution in [2.45, 2.75) is 20.0 Å². The quantitative estimate of drug-likeness (QED) is 0.833. The van der Waals surface area contributed by atoms with Gasteiger partial charge in [0.05, 0.1) is 30.4 Å². The van der Waals surface area contributed by atoms with Crippen molar-refractivity contribution in [3.05, 3.63) is 35.4 Å². The maximum Gasteiger partial charge on any atom is 0.426 e. The number of hydrazine groups is 1. The van der Waals surface area contributed by atoms with Gasteiger partial charge in [-0.25, -0.2) is 9.80 Å². The largest absolute Gasteiger partial charge is 0.464 e. The molecule has 0 aromatic heterocycles. The number of fused-ring (bicyclic) bond motifs is 1. The Morgan fingerprint density at radius 2 is 1.76 bits per heavy atom. The fourth-order valence-corrected chi connectivity index (χ4v) is 2.05. The minimum atomic E-state index is -1.38. The zero-order valence-electron chi connectivity index (χ0n) is 11.8. The van der Waals surface area contributed by atoms with E-state index < -0.39 is 17.9 Å². The van der Waals surface area contributed by atoms with Crippen LogP contribution >= 0.6 is 0 Å². The fraction of sp³-hybridized carbons (Fsp3) is 0.357. The van der Waals surface area contributed by atoms with E-state index in [0.29, 0.717) is 10.0 Å². The summed E-state index contributed by atoms with van der Waals surface area (Å²) in [7, 11) is 0. The summed E-state index contributed by atoms with van der Waals surface area (Å²) < 4.78 is 5.28. The van der Waals surface area contributed by atoms with Crippen LogP contribution in [0.15, 0.2) is 24.3 Å². The number of benzene rings is 1. The van der Waals surface area contributed by atoms with Crippen molar-refractivity contribution in [1.82, 2.24) is 10.0 Å². The molecule has 112 valence electrons. The molecule has 2 rings (SSSR count). The number of rotatable bonds is 5. The molecule has 1 N–H and O–H groups in total. The Morgan fingerprint density at radius 1 is 1.24 bits per heavy atom. The summed E-state index contributed by atoms with van der Waals surface area (Å²) in [6, 6.07) is 6.25. The van der Waals surface area contributed by atoms with Crippen LogP contribution in [-0.2, 0) is 4.74 Å². The van der Waals surface area contributed by atoms with Crippen LogP contribution in [0.1, 0.15) is 34.6 Å². The minimum Gasteiger partial charge on any atom is -0.464 e. The molecule has 0 aliphatic carbocycles. The Morgan fingerprint density at radius 3 is 2.19 bits per heavy atom. The predicted molar refractivity (Wildman–Crippen MR) is 72.8 cm³/mol. The Balaban J connectivity index is 2.21. The van der Waals surface area contributed by atoms with E-state index in [0.717, 1.165) is 0 Å². The van der Waals surface area contributed by atoms with E-state index in [1.807, 2.05) is 13.8 Å². The topological polar surface area (TPSA) is 87.2 Å². The Kier molecular flexibility index (Phi) is 4.23. The molecule has 1 aliphatic rings. The lowest BCUT2D eigenvalue weighted by molar-refractivity contribution is -0.0118. The van der Waals surface area contributed by atoms with E-state index in [1.54, 1.807) is 12.1 Å². The number of nitrogens with zero attached hydrogens (tertiary/aromatic N) is 2. The third-order valence-electron chi connectivity index (χ3n) is 2.99. The number of ether oxygens (including phenoxy) is 1. The molecule has 1 aromatic carbocycles. The number of carboxylic acid groups (broad SMARTS) is 1. The molecule has 0 spiro atoms. The molecule has 0 radical (unpaired) electrons. The fourth-order valence-electron chi connectivity index (χ4n) is 2.05. The normalized spacial score (nSPS) is 13.8. The average molecular weight is 292 g/mol. The van der Waals surface area contributed by atoms with E-state index >= 15 is 0 Å². The number of hydrogen-bond acceptors (Lipinski definition) is 4. The molecule has 7 nitrogen and oxygen atoms in total. The molecule has 0 fully saturated rings. The van der Waals surface area contributed by atoms with Crippen LogP contribution in [0.5, 0.6) is 0 Å². The molecule has 0 saturated carbocycles. The SMILES string of the molecule is CC(C)OCCN(C(=O)O)N1C(=O)c2ccccc2C1=O. The highest BCUT2D eigenvalue weighted by atomic mass is 16.5. The second kappa shape index (κ2) is 5.92. The molecule has 0 unspecified atom stereocenters. The molecule has 3 amide bonds. The van der Waals surface area contributed by atoms with Crippen molar-refractivity contribution < 1.29 is 24.2 Å². The molecule has 1 heterocycles. The summed E-state index contributed by atoms with van der Waals surface area (Å²) in [4.78, 5) is 35.7. The van der Waals surface area contributed by atoms with Gasteiger partial charge in [0.25, 0.3) is 11.8 Å². The molecule has 0 atom stereocenters. The van der Waals surface area contributed by atoms with Gasteiger partial charge in [-0.15, -0.1) is 0 Å². The van der Waals surface area contributed by atoms with E-state index in [-0.39, 0.29) is 30.4 Å². The van der Waals surface area contributed by atoms with Gasteiger partial charge in [-0.1, -0.05) is 12.1 Å². The standard InChI is InChI=1S/C14H16N2O5/c1-9(2)21-8-7-15(14(19)20)16-12(17)10-5-3-4-6-11(10)13(16)18/h3-6,9H,7-8H2,1-2H3,(H,19,20).